The SMILES string of the molecule is Cc1ccccc1NC(=O)CCNc1cc(C(F)(F)F)ccc1Cl. The Labute approximate surface area is 142 Å². The van der Waals surface area contributed by atoms with Crippen LogP contribution >= 0.6 is 11.6 Å². The van der Waals surface area contributed by atoms with Gasteiger partial charge in [0.15, 0.2) is 0 Å². The summed E-state index contributed by atoms with van der Waals surface area (Å²) in [4.78, 5) is 11.9. The van der Waals surface area contributed by atoms with E-state index in [0.29, 0.717) is 5.69 Å². The lowest BCUT2D eigenvalue weighted by molar-refractivity contribution is -0.137. The predicted octanol–water partition coefficient (Wildman–Crippen LogP) is 5.11. The van der Waals surface area contributed by atoms with Crippen molar-refractivity contribution < 1.29 is 18.0 Å². The van der Waals surface area contributed by atoms with Gasteiger partial charge in [0.05, 0.1) is 16.3 Å². The van der Waals surface area contributed by atoms with E-state index in [9.17, 15) is 18.0 Å². The summed E-state index contributed by atoms with van der Waals surface area (Å²) < 4.78 is 38.1. The molecule has 0 bridgehead atoms. The fraction of sp³-hybridized carbons (Fsp3) is 0.235. The molecule has 2 aromatic rings. The summed E-state index contributed by atoms with van der Waals surface area (Å²) in [5.41, 5.74) is 0.994. The summed E-state index contributed by atoms with van der Waals surface area (Å²) in [5.74, 6) is -0.236. The van der Waals surface area contributed by atoms with E-state index in [1.165, 1.54) is 6.07 Å². The van der Waals surface area contributed by atoms with Crippen molar-refractivity contribution >= 4 is 28.9 Å². The van der Waals surface area contributed by atoms with Gasteiger partial charge in [0.2, 0.25) is 5.91 Å². The molecule has 7 heteroatoms. The third-order valence-electron chi connectivity index (χ3n) is 3.38. The van der Waals surface area contributed by atoms with Crippen LogP contribution in [-0.4, -0.2) is 12.5 Å². The molecular formula is C17H16ClF3N2O. The maximum Gasteiger partial charge on any atom is 0.416 e. The second-order valence-electron chi connectivity index (χ2n) is 5.23. The van der Waals surface area contributed by atoms with Crippen molar-refractivity contribution in [2.75, 3.05) is 17.2 Å². The lowest BCUT2D eigenvalue weighted by Crippen LogP contribution is -2.17. The zero-order valence-corrected chi connectivity index (χ0v) is 13.6. The van der Waals surface area contributed by atoms with Crippen LogP contribution < -0.4 is 10.6 Å². The first-order valence-corrected chi connectivity index (χ1v) is 7.61. The number of nitrogens with one attached hydrogen (secondary N) is 2. The number of amides is 1. The van der Waals surface area contributed by atoms with Gasteiger partial charge in [0.1, 0.15) is 0 Å². The highest BCUT2D eigenvalue weighted by Crippen LogP contribution is 2.33. The normalized spacial score (nSPS) is 11.2. The van der Waals surface area contributed by atoms with E-state index < -0.39 is 11.7 Å². The summed E-state index contributed by atoms with van der Waals surface area (Å²) in [6.07, 6.45) is -4.34. The minimum Gasteiger partial charge on any atom is -0.383 e. The van der Waals surface area contributed by atoms with Gasteiger partial charge in [-0.05, 0) is 36.8 Å². The molecule has 0 spiro atoms. The van der Waals surface area contributed by atoms with Gasteiger partial charge in [-0.1, -0.05) is 29.8 Å². The summed E-state index contributed by atoms with van der Waals surface area (Å²) >= 11 is 5.88. The van der Waals surface area contributed by atoms with Crippen LogP contribution in [0.2, 0.25) is 5.02 Å². The van der Waals surface area contributed by atoms with E-state index in [0.717, 1.165) is 17.7 Å². The van der Waals surface area contributed by atoms with E-state index in [-0.39, 0.29) is 29.6 Å². The fourth-order valence-electron chi connectivity index (χ4n) is 2.07. The van der Waals surface area contributed by atoms with E-state index in [4.69, 9.17) is 11.6 Å². The highest BCUT2D eigenvalue weighted by atomic mass is 35.5. The zero-order valence-electron chi connectivity index (χ0n) is 12.9. The van der Waals surface area contributed by atoms with Crippen molar-refractivity contribution in [1.82, 2.24) is 0 Å². The molecule has 0 atom stereocenters. The molecule has 24 heavy (non-hydrogen) atoms. The van der Waals surface area contributed by atoms with Crippen molar-refractivity contribution in [3.63, 3.8) is 0 Å². The minimum absolute atomic E-state index is 0.0981. The summed E-state index contributed by atoms with van der Waals surface area (Å²) in [6, 6.07) is 10.4. The molecule has 0 aliphatic heterocycles. The third kappa shape index (κ3) is 4.89. The number of hydrogen-bond donors (Lipinski definition) is 2. The molecule has 0 aliphatic carbocycles. The van der Waals surface area contributed by atoms with Crippen molar-refractivity contribution in [1.29, 1.82) is 0 Å². The Balaban J connectivity index is 1.92. The number of benzene rings is 2. The van der Waals surface area contributed by atoms with Crippen LogP contribution in [0.5, 0.6) is 0 Å². The van der Waals surface area contributed by atoms with Crippen molar-refractivity contribution in [3.05, 3.63) is 58.6 Å². The second kappa shape index (κ2) is 7.57. The number of alkyl halides is 3. The first-order valence-electron chi connectivity index (χ1n) is 7.23. The van der Waals surface area contributed by atoms with Gasteiger partial charge in [-0.15, -0.1) is 0 Å². The molecule has 0 radical (unpaired) electrons. The molecule has 0 saturated carbocycles. The van der Waals surface area contributed by atoms with E-state index in [1.54, 1.807) is 6.07 Å². The molecule has 128 valence electrons. The number of aryl methyl sites for hydroxylation is 1. The maximum absolute atomic E-state index is 12.7. The lowest BCUT2D eigenvalue weighted by atomic mass is 10.2. The molecule has 2 N–H and O–H groups in total. The second-order valence-corrected chi connectivity index (χ2v) is 5.64. The molecule has 0 heterocycles. The van der Waals surface area contributed by atoms with E-state index in [1.807, 2.05) is 25.1 Å². The van der Waals surface area contributed by atoms with Crippen LogP contribution in [0.3, 0.4) is 0 Å². The molecule has 0 aromatic heterocycles. The molecule has 0 saturated heterocycles. The molecule has 0 unspecified atom stereocenters. The van der Waals surface area contributed by atoms with E-state index >= 15 is 0 Å². The Morgan fingerprint density at radius 1 is 1.12 bits per heavy atom. The Hall–Kier alpha value is -2.21. The van der Waals surface area contributed by atoms with Crippen LogP contribution in [0.15, 0.2) is 42.5 Å². The predicted molar refractivity (Wildman–Crippen MR) is 89.4 cm³/mol. The Kier molecular flexibility index (Phi) is 5.72. The fourth-order valence-corrected chi connectivity index (χ4v) is 2.26. The molecule has 2 aromatic carbocycles. The van der Waals surface area contributed by atoms with Crippen LogP contribution in [0, 0.1) is 6.92 Å². The molecule has 0 fully saturated rings. The standard InChI is InChI=1S/C17H16ClF3N2O/c1-11-4-2-3-5-14(11)23-16(24)8-9-22-15-10-12(17(19,20)21)6-7-13(15)18/h2-7,10,22H,8-9H2,1H3,(H,23,24). The van der Waals surface area contributed by atoms with Gasteiger partial charge >= 0.3 is 6.18 Å². The monoisotopic (exact) mass is 356 g/mol. The highest BCUT2D eigenvalue weighted by molar-refractivity contribution is 6.33. The third-order valence-corrected chi connectivity index (χ3v) is 3.71. The molecular weight excluding hydrogens is 341 g/mol. The first kappa shape index (κ1) is 18.1. The summed E-state index contributed by atoms with van der Waals surface area (Å²) in [6.45, 7) is 2.04. The molecule has 1 amide bonds. The topological polar surface area (TPSA) is 41.1 Å². The number of anilines is 2. The average molecular weight is 357 g/mol. The molecule has 0 aliphatic rings. The molecule has 2 rings (SSSR count). The van der Waals surface area contributed by atoms with Gasteiger partial charge < -0.3 is 10.6 Å². The van der Waals surface area contributed by atoms with Crippen LogP contribution in [-0.2, 0) is 11.0 Å². The minimum atomic E-state index is -4.44. The average Bonchev–Trinajstić information content (AvgIpc) is 2.50. The zero-order chi connectivity index (χ0) is 17.7. The summed E-state index contributed by atoms with van der Waals surface area (Å²) in [5, 5.41) is 5.69. The largest absolute Gasteiger partial charge is 0.416 e. The van der Waals surface area contributed by atoms with Gasteiger partial charge in [0.25, 0.3) is 0 Å². The lowest BCUT2D eigenvalue weighted by Gasteiger charge is -2.13. The van der Waals surface area contributed by atoms with Gasteiger partial charge in [0, 0.05) is 18.7 Å². The quantitative estimate of drug-likeness (QED) is 0.781. The number of carbonyl (C=O) groups is 1. The van der Waals surface area contributed by atoms with Crippen LogP contribution in [0.1, 0.15) is 17.5 Å². The van der Waals surface area contributed by atoms with Crippen LogP contribution in [0.4, 0.5) is 24.5 Å². The summed E-state index contributed by atoms with van der Waals surface area (Å²) in [7, 11) is 0. The maximum atomic E-state index is 12.7. The highest BCUT2D eigenvalue weighted by Gasteiger charge is 2.30. The Morgan fingerprint density at radius 3 is 2.50 bits per heavy atom. The van der Waals surface area contributed by atoms with Crippen molar-refractivity contribution in [3.8, 4) is 0 Å². The number of rotatable bonds is 5. The molecule has 3 nitrogen and oxygen atoms in total. The van der Waals surface area contributed by atoms with Gasteiger partial charge in [-0.25, -0.2) is 0 Å². The van der Waals surface area contributed by atoms with Crippen LogP contribution in [0.25, 0.3) is 0 Å². The van der Waals surface area contributed by atoms with Crippen molar-refractivity contribution in [2.45, 2.75) is 19.5 Å². The number of halogens is 4. The Morgan fingerprint density at radius 2 is 1.83 bits per heavy atom. The van der Waals surface area contributed by atoms with Crippen molar-refractivity contribution in [2.24, 2.45) is 0 Å². The van der Waals surface area contributed by atoms with Gasteiger partial charge in [-0.2, -0.15) is 13.2 Å². The van der Waals surface area contributed by atoms with Gasteiger partial charge in [-0.3, -0.25) is 4.79 Å². The first-order chi connectivity index (χ1) is 11.3. The van der Waals surface area contributed by atoms with E-state index in [2.05, 4.69) is 10.6 Å². The number of hydrogen-bond acceptors (Lipinski definition) is 2. The number of carbonyl (C=O) groups excluding carboxylic acids is 1. The Bertz CT molecular complexity index is 732. The smallest absolute Gasteiger partial charge is 0.383 e. The number of para-hydroxylation sites is 1.